The van der Waals surface area contributed by atoms with Crippen molar-refractivity contribution < 1.29 is 18.0 Å². The monoisotopic (exact) mass is 453 g/mol. The normalized spacial score (nSPS) is 11.7. The fourth-order valence-electron chi connectivity index (χ4n) is 3.80. The number of aromatic amines is 1. The molecule has 33 heavy (non-hydrogen) atoms. The van der Waals surface area contributed by atoms with Crippen LogP contribution in [0, 0.1) is 13.8 Å². The Hall–Kier alpha value is -3.88. The van der Waals surface area contributed by atoms with Gasteiger partial charge in [0.1, 0.15) is 5.82 Å². The highest BCUT2D eigenvalue weighted by Gasteiger charge is 2.30. The largest absolute Gasteiger partial charge is 0.416 e. The first kappa shape index (κ1) is 22.3. The number of nitrogens with two attached hydrogens (primary N) is 1. The highest BCUT2D eigenvalue weighted by Crippen LogP contribution is 2.31. The number of benzene rings is 1. The zero-order chi connectivity index (χ0) is 23.8. The molecule has 1 aromatic carbocycles. The molecule has 0 saturated heterocycles. The topological polar surface area (TPSA) is 96.7 Å². The van der Waals surface area contributed by atoms with E-state index in [4.69, 9.17) is 5.73 Å². The van der Waals surface area contributed by atoms with Gasteiger partial charge in [-0.2, -0.15) is 13.2 Å². The van der Waals surface area contributed by atoms with Gasteiger partial charge >= 0.3 is 6.18 Å². The van der Waals surface area contributed by atoms with E-state index in [2.05, 4.69) is 20.3 Å². The SMILES string of the molecule is Cc1cc(N)nc(C)c1CNC(=O)c1ccnc(Cc2cc3cc(C(F)(F)F)ccc3[nH]2)c1. The van der Waals surface area contributed by atoms with Crippen LogP contribution >= 0.6 is 0 Å². The molecule has 0 aliphatic carbocycles. The number of carbonyl (C=O) groups is 1. The number of fused-ring (bicyclic) bond motifs is 1. The first-order valence-corrected chi connectivity index (χ1v) is 10.2. The van der Waals surface area contributed by atoms with E-state index in [1.54, 1.807) is 24.3 Å². The van der Waals surface area contributed by atoms with Gasteiger partial charge in [-0.3, -0.25) is 9.78 Å². The summed E-state index contributed by atoms with van der Waals surface area (Å²) < 4.78 is 38.9. The number of nitrogens with zero attached hydrogens (tertiary/aromatic N) is 2. The van der Waals surface area contributed by atoms with Gasteiger partial charge in [0, 0.05) is 52.7 Å². The summed E-state index contributed by atoms with van der Waals surface area (Å²) in [6.45, 7) is 4.06. The predicted molar refractivity (Wildman–Crippen MR) is 120 cm³/mol. The molecule has 0 radical (unpaired) electrons. The fourth-order valence-corrected chi connectivity index (χ4v) is 3.80. The molecule has 0 aliphatic rings. The summed E-state index contributed by atoms with van der Waals surface area (Å²) in [5.41, 5.74) is 10.0. The molecular formula is C24H22F3N5O. The number of hydrogen-bond acceptors (Lipinski definition) is 4. The van der Waals surface area contributed by atoms with Crippen molar-refractivity contribution >= 4 is 22.6 Å². The number of hydrogen-bond donors (Lipinski definition) is 3. The third kappa shape index (κ3) is 4.97. The van der Waals surface area contributed by atoms with Crippen molar-refractivity contribution in [3.05, 3.63) is 88.0 Å². The zero-order valence-corrected chi connectivity index (χ0v) is 18.0. The molecule has 0 unspecified atom stereocenters. The Bertz CT molecular complexity index is 1320. The molecule has 0 aliphatic heterocycles. The minimum absolute atomic E-state index is 0.263. The van der Waals surface area contributed by atoms with Crippen molar-refractivity contribution in [1.82, 2.24) is 20.3 Å². The molecule has 4 N–H and O–H groups in total. The number of rotatable bonds is 5. The molecule has 3 aromatic heterocycles. The van der Waals surface area contributed by atoms with Crippen LogP contribution in [0.5, 0.6) is 0 Å². The second-order valence-electron chi connectivity index (χ2n) is 7.92. The van der Waals surface area contributed by atoms with Gasteiger partial charge in [-0.05, 0) is 67.4 Å². The number of aryl methyl sites for hydroxylation is 2. The first-order valence-electron chi connectivity index (χ1n) is 10.2. The summed E-state index contributed by atoms with van der Waals surface area (Å²) in [5, 5.41) is 3.36. The summed E-state index contributed by atoms with van der Waals surface area (Å²) in [6.07, 6.45) is -2.51. The van der Waals surface area contributed by atoms with Crippen molar-refractivity contribution in [2.75, 3.05) is 5.73 Å². The van der Waals surface area contributed by atoms with Gasteiger partial charge in [0.15, 0.2) is 0 Å². The maximum Gasteiger partial charge on any atom is 0.416 e. The first-order chi connectivity index (χ1) is 15.6. The number of amides is 1. The van der Waals surface area contributed by atoms with E-state index in [0.717, 1.165) is 29.0 Å². The van der Waals surface area contributed by atoms with Gasteiger partial charge in [-0.15, -0.1) is 0 Å². The van der Waals surface area contributed by atoms with E-state index in [1.807, 2.05) is 13.8 Å². The van der Waals surface area contributed by atoms with Gasteiger partial charge in [0.05, 0.1) is 5.56 Å². The molecule has 1 amide bonds. The molecule has 0 saturated carbocycles. The molecule has 0 fully saturated rings. The summed E-state index contributed by atoms with van der Waals surface area (Å²) in [7, 11) is 0. The van der Waals surface area contributed by atoms with Crippen LogP contribution in [-0.2, 0) is 19.1 Å². The van der Waals surface area contributed by atoms with E-state index in [0.29, 0.717) is 46.6 Å². The minimum Gasteiger partial charge on any atom is -0.384 e. The van der Waals surface area contributed by atoms with Crippen LogP contribution in [-0.4, -0.2) is 20.9 Å². The molecule has 3 heterocycles. The quantitative estimate of drug-likeness (QED) is 0.408. The minimum atomic E-state index is -4.39. The summed E-state index contributed by atoms with van der Waals surface area (Å²) in [5.74, 6) is 0.172. The molecule has 4 rings (SSSR count). The van der Waals surface area contributed by atoms with Gasteiger partial charge in [0.2, 0.25) is 0 Å². The highest BCUT2D eigenvalue weighted by atomic mass is 19.4. The van der Waals surface area contributed by atoms with Crippen LogP contribution in [0.2, 0.25) is 0 Å². The Kier molecular flexibility index (Phi) is 5.80. The standard InChI is InChI=1S/C24H22F3N5O/c1-13-7-22(28)31-14(2)20(13)12-30-23(33)15-5-6-29-18(9-15)11-19-10-16-8-17(24(25,26)27)3-4-21(16)32-19/h3-10,32H,11-12H2,1-2H3,(H2,28,31)(H,30,33). The van der Waals surface area contributed by atoms with Crippen LogP contribution < -0.4 is 11.1 Å². The number of carbonyl (C=O) groups excluding carboxylic acids is 1. The third-order valence-electron chi connectivity index (χ3n) is 5.45. The third-order valence-corrected chi connectivity index (χ3v) is 5.45. The van der Waals surface area contributed by atoms with Crippen LogP contribution in [0.15, 0.2) is 48.7 Å². The zero-order valence-electron chi connectivity index (χ0n) is 18.0. The van der Waals surface area contributed by atoms with Crippen LogP contribution in [0.1, 0.15) is 44.1 Å². The molecule has 4 aromatic rings. The molecule has 9 heteroatoms. The van der Waals surface area contributed by atoms with E-state index < -0.39 is 11.7 Å². The maximum atomic E-state index is 13.0. The van der Waals surface area contributed by atoms with Crippen LogP contribution in [0.25, 0.3) is 10.9 Å². The van der Waals surface area contributed by atoms with E-state index in [9.17, 15) is 18.0 Å². The van der Waals surface area contributed by atoms with Crippen molar-refractivity contribution in [1.29, 1.82) is 0 Å². The Morgan fingerprint density at radius 3 is 2.64 bits per heavy atom. The lowest BCUT2D eigenvalue weighted by atomic mass is 10.1. The van der Waals surface area contributed by atoms with E-state index in [1.165, 1.54) is 12.3 Å². The predicted octanol–water partition coefficient (Wildman–Crippen LogP) is 4.70. The average Bonchev–Trinajstić information content (AvgIpc) is 3.13. The number of nitrogen functional groups attached to an aromatic ring is 1. The van der Waals surface area contributed by atoms with Gasteiger partial charge in [-0.1, -0.05) is 0 Å². The maximum absolute atomic E-state index is 13.0. The number of alkyl halides is 3. The van der Waals surface area contributed by atoms with Crippen LogP contribution in [0.4, 0.5) is 19.0 Å². The molecular weight excluding hydrogens is 431 g/mol. The number of pyridine rings is 2. The number of anilines is 1. The Labute approximate surface area is 188 Å². The van der Waals surface area contributed by atoms with Gasteiger partial charge in [0.25, 0.3) is 5.91 Å². The van der Waals surface area contributed by atoms with Crippen molar-refractivity contribution in [3.8, 4) is 0 Å². The van der Waals surface area contributed by atoms with Crippen LogP contribution in [0.3, 0.4) is 0 Å². The fraction of sp³-hybridized carbons (Fsp3) is 0.208. The Balaban J connectivity index is 1.48. The number of nitrogens with one attached hydrogen (secondary N) is 2. The molecule has 6 nitrogen and oxygen atoms in total. The van der Waals surface area contributed by atoms with Crippen molar-refractivity contribution in [3.63, 3.8) is 0 Å². The lowest BCUT2D eigenvalue weighted by Gasteiger charge is -2.12. The highest BCUT2D eigenvalue weighted by molar-refractivity contribution is 5.94. The molecule has 0 atom stereocenters. The second-order valence-corrected chi connectivity index (χ2v) is 7.92. The summed E-state index contributed by atoms with van der Waals surface area (Å²) in [6, 6.07) is 10.3. The van der Waals surface area contributed by atoms with Crippen molar-refractivity contribution in [2.45, 2.75) is 33.0 Å². The number of halogens is 3. The molecule has 0 spiro atoms. The van der Waals surface area contributed by atoms with E-state index >= 15 is 0 Å². The second kappa shape index (κ2) is 8.57. The molecule has 0 bridgehead atoms. The average molecular weight is 453 g/mol. The Morgan fingerprint density at radius 1 is 1.12 bits per heavy atom. The van der Waals surface area contributed by atoms with Crippen molar-refractivity contribution in [2.24, 2.45) is 0 Å². The van der Waals surface area contributed by atoms with E-state index in [-0.39, 0.29) is 5.91 Å². The van der Waals surface area contributed by atoms with Gasteiger partial charge < -0.3 is 16.0 Å². The Morgan fingerprint density at radius 2 is 1.91 bits per heavy atom. The lowest BCUT2D eigenvalue weighted by molar-refractivity contribution is -0.137. The molecule has 170 valence electrons. The summed E-state index contributed by atoms with van der Waals surface area (Å²) in [4.78, 5) is 24.3. The summed E-state index contributed by atoms with van der Waals surface area (Å²) >= 11 is 0. The lowest BCUT2D eigenvalue weighted by Crippen LogP contribution is -2.24. The number of aromatic nitrogens is 3. The number of H-pyrrole nitrogens is 1. The van der Waals surface area contributed by atoms with Gasteiger partial charge in [-0.25, -0.2) is 4.98 Å². The smallest absolute Gasteiger partial charge is 0.384 e.